The first-order chi connectivity index (χ1) is 11.2. The fraction of sp³-hybridized carbons (Fsp3) is 0.500. The zero-order valence-corrected chi connectivity index (χ0v) is 14.9. The van der Waals surface area contributed by atoms with Crippen LogP contribution < -0.4 is 0 Å². The van der Waals surface area contributed by atoms with Gasteiger partial charge in [0.1, 0.15) is 6.04 Å². The molecule has 1 aromatic carbocycles. The summed E-state index contributed by atoms with van der Waals surface area (Å²) in [5.41, 5.74) is 0.917. The van der Waals surface area contributed by atoms with Crippen molar-refractivity contribution >= 4 is 22.0 Å². The summed E-state index contributed by atoms with van der Waals surface area (Å²) in [5.74, 6) is -2.67. The standard InChI is InChI=1S/C16H21NO6S/c1-10-5-7-12(8-6-10)24(20,21)17-9-11(2)13(15(18)22-3)14(17)16(19)23-4/h5-8,11,13-14H,9H2,1-4H3/t11-,13-,14-/m0/s1. The first kappa shape index (κ1) is 18.4. The Kier molecular flexibility index (Phi) is 5.29. The van der Waals surface area contributed by atoms with Gasteiger partial charge in [0.2, 0.25) is 10.0 Å². The first-order valence-electron chi connectivity index (χ1n) is 7.48. The Morgan fingerprint density at radius 1 is 1.08 bits per heavy atom. The number of esters is 2. The number of aryl methyl sites for hydroxylation is 1. The van der Waals surface area contributed by atoms with Crippen molar-refractivity contribution in [3.8, 4) is 0 Å². The minimum absolute atomic E-state index is 0.0374. The maximum Gasteiger partial charge on any atom is 0.325 e. The van der Waals surface area contributed by atoms with Crippen LogP contribution in [-0.2, 0) is 29.1 Å². The number of rotatable bonds is 4. The number of hydrogen-bond donors (Lipinski definition) is 0. The van der Waals surface area contributed by atoms with E-state index in [2.05, 4.69) is 0 Å². The van der Waals surface area contributed by atoms with Crippen molar-refractivity contribution < 1.29 is 27.5 Å². The zero-order valence-electron chi connectivity index (χ0n) is 14.1. The van der Waals surface area contributed by atoms with Gasteiger partial charge in [-0.15, -0.1) is 0 Å². The van der Waals surface area contributed by atoms with Crippen molar-refractivity contribution in [2.75, 3.05) is 20.8 Å². The summed E-state index contributed by atoms with van der Waals surface area (Å²) in [7, 11) is -1.57. The lowest BCUT2D eigenvalue weighted by atomic mass is 9.92. The van der Waals surface area contributed by atoms with Crippen LogP contribution >= 0.6 is 0 Å². The molecule has 0 amide bonds. The third kappa shape index (κ3) is 3.16. The van der Waals surface area contributed by atoms with Crippen LogP contribution in [-0.4, -0.2) is 51.5 Å². The van der Waals surface area contributed by atoms with Gasteiger partial charge in [-0.3, -0.25) is 9.59 Å². The molecule has 0 unspecified atom stereocenters. The second kappa shape index (κ2) is 6.90. The molecule has 0 aromatic heterocycles. The van der Waals surface area contributed by atoms with Gasteiger partial charge in [-0.05, 0) is 25.0 Å². The summed E-state index contributed by atoms with van der Waals surface area (Å²) < 4.78 is 36.4. The number of ether oxygens (including phenoxy) is 2. The summed E-state index contributed by atoms with van der Waals surface area (Å²) in [4.78, 5) is 24.3. The summed E-state index contributed by atoms with van der Waals surface area (Å²) in [6, 6.07) is 5.09. The molecular weight excluding hydrogens is 334 g/mol. The third-order valence-corrected chi connectivity index (χ3v) is 6.14. The van der Waals surface area contributed by atoms with Gasteiger partial charge in [0, 0.05) is 6.54 Å². The van der Waals surface area contributed by atoms with Crippen LogP contribution in [0.15, 0.2) is 29.2 Å². The summed E-state index contributed by atoms with van der Waals surface area (Å²) in [6.07, 6.45) is 0. The molecule has 7 nitrogen and oxygen atoms in total. The van der Waals surface area contributed by atoms with Crippen LogP contribution in [0.5, 0.6) is 0 Å². The van der Waals surface area contributed by atoms with Crippen LogP contribution in [0.25, 0.3) is 0 Å². The second-order valence-electron chi connectivity index (χ2n) is 5.88. The lowest BCUT2D eigenvalue weighted by Gasteiger charge is -2.24. The van der Waals surface area contributed by atoms with Crippen LogP contribution in [0, 0.1) is 18.8 Å². The molecule has 3 atom stereocenters. The van der Waals surface area contributed by atoms with E-state index in [-0.39, 0.29) is 17.4 Å². The van der Waals surface area contributed by atoms with Gasteiger partial charge in [-0.25, -0.2) is 8.42 Å². The summed E-state index contributed by atoms with van der Waals surface area (Å²) in [6.45, 7) is 3.59. The van der Waals surface area contributed by atoms with Crippen LogP contribution in [0.3, 0.4) is 0 Å². The molecule has 8 heteroatoms. The normalized spacial score (nSPS) is 24.6. The van der Waals surface area contributed by atoms with Gasteiger partial charge >= 0.3 is 11.9 Å². The number of nitrogens with zero attached hydrogens (tertiary/aromatic N) is 1. The van der Waals surface area contributed by atoms with Crippen molar-refractivity contribution in [1.82, 2.24) is 4.31 Å². The Balaban J connectivity index is 2.48. The number of carbonyl (C=O) groups excluding carboxylic acids is 2. The molecule has 1 aliphatic rings. The van der Waals surface area contributed by atoms with Crippen molar-refractivity contribution in [3.63, 3.8) is 0 Å². The van der Waals surface area contributed by atoms with Gasteiger partial charge in [0.25, 0.3) is 0 Å². The smallest absolute Gasteiger partial charge is 0.325 e. The third-order valence-electron chi connectivity index (χ3n) is 4.27. The minimum Gasteiger partial charge on any atom is -0.469 e. The molecule has 0 aliphatic carbocycles. The molecule has 0 N–H and O–H groups in total. The quantitative estimate of drug-likeness (QED) is 0.748. The average molecular weight is 355 g/mol. The molecule has 0 bridgehead atoms. The molecule has 0 spiro atoms. The average Bonchev–Trinajstić information content (AvgIpc) is 2.92. The van der Waals surface area contributed by atoms with Gasteiger partial charge in [-0.1, -0.05) is 24.6 Å². The lowest BCUT2D eigenvalue weighted by Crippen LogP contribution is -2.46. The Morgan fingerprint density at radius 3 is 2.12 bits per heavy atom. The van der Waals surface area contributed by atoms with Crippen LogP contribution in [0.1, 0.15) is 12.5 Å². The highest BCUT2D eigenvalue weighted by atomic mass is 32.2. The summed E-state index contributed by atoms with van der Waals surface area (Å²) >= 11 is 0. The van der Waals surface area contributed by atoms with Gasteiger partial charge in [0.15, 0.2) is 0 Å². The molecule has 1 aliphatic heterocycles. The number of hydrogen-bond acceptors (Lipinski definition) is 6. The van der Waals surface area contributed by atoms with Crippen molar-refractivity contribution in [2.24, 2.45) is 11.8 Å². The number of carbonyl (C=O) groups is 2. The van der Waals surface area contributed by atoms with Gasteiger partial charge in [-0.2, -0.15) is 4.31 Å². The molecule has 1 saturated heterocycles. The number of sulfonamides is 1. The Hall–Kier alpha value is -1.93. The monoisotopic (exact) mass is 355 g/mol. The van der Waals surface area contributed by atoms with E-state index in [4.69, 9.17) is 9.47 Å². The fourth-order valence-corrected chi connectivity index (χ4v) is 4.68. The predicted octanol–water partition coefficient (Wildman–Crippen LogP) is 0.966. The molecule has 24 heavy (non-hydrogen) atoms. The number of methoxy groups -OCH3 is 2. The molecule has 1 fully saturated rings. The minimum atomic E-state index is -3.94. The van der Waals surface area contributed by atoms with E-state index in [1.807, 2.05) is 6.92 Å². The Morgan fingerprint density at radius 2 is 1.62 bits per heavy atom. The van der Waals surface area contributed by atoms with Crippen LogP contribution in [0.2, 0.25) is 0 Å². The van der Waals surface area contributed by atoms with E-state index in [9.17, 15) is 18.0 Å². The lowest BCUT2D eigenvalue weighted by molar-refractivity contribution is -0.155. The van der Waals surface area contributed by atoms with E-state index >= 15 is 0 Å². The van der Waals surface area contributed by atoms with E-state index < -0.39 is 33.9 Å². The van der Waals surface area contributed by atoms with Crippen molar-refractivity contribution in [2.45, 2.75) is 24.8 Å². The largest absolute Gasteiger partial charge is 0.469 e. The van der Waals surface area contributed by atoms with E-state index in [0.29, 0.717) is 0 Å². The fourth-order valence-electron chi connectivity index (χ4n) is 2.98. The van der Waals surface area contributed by atoms with Gasteiger partial charge < -0.3 is 9.47 Å². The Bertz CT molecular complexity index is 727. The maximum atomic E-state index is 12.9. The van der Waals surface area contributed by atoms with E-state index in [1.54, 1.807) is 19.1 Å². The first-order valence-corrected chi connectivity index (χ1v) is 8.92. The van der Waals surface area contributed by atoms with E-state index in [1.165, 1.54) is 19.2 Å². The molecule has 132 valence electrons. The molecule has 1 heterocycles. The Labute approximate surface area is 141 Å². The molecule has 2 rings (SSSR count). The molecule has 0 saturated carbocycles. The highest BCUT2D eigenvalue weighted by Crippen LogP contribution is 2.35. The van der Waals surface area contributed by atoms with E-state index in [0.717, 1.165) is 17.0 Å². The highest BCUT2D eigenvalue weighted by Gasteiger charge is 2.53. The van der Waals surface area contributed by atoms with Gasteiger partial charge in [0.05, 0.1) is 25.0 Å². The SMILES string of the molecule is COC(=O)[C@@H]1[C@@H](C(=O)OC)N(S(=O)(=O)c2ccc(C)cc2)C[C@@H]1C. The predicted molar refractivity (Wildman–Crippen MR) is 85.5 cm³/mol. The van der Waals surface area contributed by atoms with Crippen molar-refractivity contribution in [1.29, 1.82) is 0 Å². The molecular formula is C16H21NO6S. The molecule has 0 radical (unpaired) electrons. The topological polar surface area (TPSA) is 90.0 Å². The summed E-state index contributed by atoms with van der Waals surface area (Å²) in [5, 5.41) is 0. The zero-order chi connectivity index (χ0) is 18.1. The second-order valence-corrected chi connectivity index (χ2v) is 7.77. The number of benzene rings is 1. The maximum absolute atomic E-state index is 12.9. The van der Waals surface area contributed by atoms with Crippen molar-refractivity contribution in [3.05, 3.63) is 29.8 Å². The molecule has 1 aromatic rings. The van der Waals surface area contributed by atoms with Crippen LogP contribution in [0.4, 0.5) is 0 Å². The highest BCUT2D eigenvalue weighted by molar-refractivity contribution is 7.89.